The molecule has 6 heteroatoms. The van der Waals surface area contributed by atoms with Gasteiger partial charge in [-0.2, -0.15) is 5.26 Å². The van der Waals surface area contributed by atoms with Crippen molar-refractivity contribution in [1.82, 2.24) is 19.6 Å². The standard InChI is InChI=1S/C13H8ClN5/c1-8-16-11(14)6-12-17-18-13(19(8)12)10-4-2-9(7-15)3-5-10/h2-6H,1H3. The zero-order chi connectivity index (χ0) is 13.4. The number of fused-ring (bicyclic) bond motifs is 1. The SMILES string of the molecule is Cc1nc(Cl)cc2nnc(-c3ccc(C#N)cc3)n12. The van der Waals surface area contributed by atoms with Crippen LogP contribution in [0.25, 0.3) is 17.0 Å². The minimum Gasteiger partial charge on any atom is -0.263 e. The molecule has 2 heterocycles. The van der Waals surface area contributed by atoms with E-state index in [1.165, 1.54) is 0 Å². The Bertz CT molecular complexity index is 798. The van der Waals surface area contributed by atoms with Gasteiger partial charge in [0.15, 0.2) is 11.5 Å². The maximum Gasteiger partial charge on any atom is 0.169 e. The van der Waals surface area contributed by atoms with Crippen LogP contribution in [0.15, 0.2) is 30.3 Å². The van der Waals surface area contributed by atoms with Gasteiger partial charge in [-0.05, 0) is 31.2 Å². The largest absolute Gasteiger partial charge is 0.263 e. The molecule has 0 aliphatic heterocycles. The quantitative estimate of drug-likeness (QED) is 0.637. The minimum absolute atomic E-state index is 0.392. The topological polar surface area (TPSA) is 66.9 Å². The van der Waals surface area contributed by atoms with Crippen LogP contribution in [0.5, 0.6) is 0 Å². The van der Waals surface area contributed by atoms with Crippen molar-refractivity contribution in [2.45, 2.75) is 6.92 Å². The van der Waals surface area contributed by atoms with E-state index in [1.54, 1.807) is 18.2 Å². The Labute approximate surface area is 114 Å². The molecule has 0 N–H and O–H groups in total. The molecule has 0 radical (unpaired) electrons. The second kappa shape index (κ2) is 4.34. The number of benzene rings is 1. The van der Waals surface area contributed by atoms with E-state index in [4.69, 9.17) is 16.9 Å². The maximum absolute atomic E-state index is 8.80. The number of nitriles is 1. The molecule has 0 atom stereocenters. The Morgan fingerprint density at radius 3 is 2.63 bits per heavy atom. The van der Waals surface area contributed by atoms with Crippen molar-refractivity contribution in [1.29, 1.82) is 5.26 Å². The van der Waals surface area contributed by atoms with Crippen molar-refractivity contribution in [2.75, 3.05) is 0 Å². The lowest BCUT2D eigenvalue weighted by atomic mass is 10.1. The van der Waals surface area contributed by atoms with Crippen LogP contribution in [0.4, 0.5) is 0 Å². The maximum atomic E-state index is 8.80. The molecule has 0 fully saturated rings. The minimum atomic E-state index is 0.392. The van der Waals surface area contributed by atoms with Crippen LogP contribution in [0.1, 0.15) is 11.4 Å². The fraction of sp³-hybridized carbons (Fsp3) is 0.0769. The summed E-state index contributed by atoms with van der Waals surface area (Å²) >= 11 is 5.89. The number of rotatable bonds is 1. The van der Waals surface area contributed by atoms with E-state index in [1.807, 2.05) is 23.5 Å². The molecule has 0 unspecified atom stereocenters. The summed E-state index contributed by atoms with van der Waals surface area (Å²) < 4.78 is 1.83. The highest BCUT2D eigenvalue weighted by Crippen LogP contribution is 2.21. The summed E-state index contributed by atoms with van der Waals surface area (Å²) in [6.45, 7) is 1.84. The highest BCUT2D eigenvalue weighted by molar-refractivity contribution is 6.29. The zero-order valence-corrected chi connectivity index (χ0v) is 10.8. The van der Waals surface area contributed by atoms with Crippen LogP contribution in [-0.4, -0.2) is 19.6 Å². The number of hydrogen-bond acceptors (Lipinski definition) is 4. The molecule has 0 saturated carbocycles. The van der Waals surface area contributed by atoms with E-state index in [2.05, 4.69) is 21.3 Å². The molecule has 1 aromatic carbocycles. The summed E-state index contributed by atoms with van der Waals surface area (Å²) in [6, 6.07) is 10.9. The fourth-order valence-corrected chi connectivity index (χ4v) is 2.15. The van der Waals surface area contributed by atoms with Crippen molar-refractivity contribution in [3.8, 4) is 17.5 Å². The zero-order valence-electron chi connectivity index (χ0n) is 10.0. The van der Waals surface area contributed by atoms with Crippen LogP contribution in [0, 0.1) is 18.3 Å². The van der Waals surface area contributed by atoms with Crippen LogP contribution in [0.2, 0.25) is 5.15 Å². The first-order chi connectivity index (χ1) is 9.19. The third-order valence-corrected chi connectivity index (χ3v) is 2.99. The number of halogens is 1. The Hall–Kier alpha value is -2.45. The summed E-state index contributed by atoms with van der Waals surface area (Å²) in [7, 11) is 0. The molecule has 0 amide bonds. The fourth-order valence-electron chi connectivity index (χ4n) is 1.93. The van der Waals surface area contributed by atoms with E-state index < -0.39 is 0 Å². The van der Waals surface area contributed by atoms with Crippen LogP contribution < -0.4 is 0 Å². The highest BCUT2D eigenvalue weighted by atomic mass is 35.5. The molecule has 5 nitrogen and oxygen atoms in total. The third kappa shape index (κ3) is 1.92. The van der Waals surface area contributed by atoms with Gasteiger partial charge in [-0.3, -0.25) is 4.40 Å². The lowest BCUT2D eigenvalue weighted by Crippen LogP contribution is -1.97. The van der Waals surface area contributed by atoms with Gasteiger partial charge in [0.05, 0.1) is 11.6 Å². The molecule has 3 aromatic rings. The third-order valence-electron chi connectivity index (χ3n) is 2.80. The van der Waals surface area contributed by atoms with E-state index in [-0.39, 0.29) is 0 Å². The first-order valence-corrected chi connectivity index (χ1v) is 5.95. The van der Waals surface area contributed by atoms with E-state index >= 15 is 0 Å². The van der Waals surface area contributed by atoms with Crippen LogP contribution in [0.3, 0.4) is 0 Å². The first kappa shape index (κ1) is 11.6. The first-order valence-electron chi connectivity index (χ1n) is 5.58. The van der Waals surface area contributed by atoms with Crippen molar-refractivity contribution >= 4 is 17.2 Å². The van der Waals surface area contributed by atoms with Crippen LogP contribution in [-0.2, 0) is 0 Å². The molecule has 0 aliphatic carbocycles. The van der Waals surface area contributed by atoms with Gasteiger partial charge in [0.2, 0.25) is 0 Å². The van der Waals surface area contributed by atoms with Crippen molar-refractivity contribution < 1.29 is 0 Å². The number of nitrogens with zero attached hydrogens (tertiary/aromatic N) is 5. The Kier molecular flexibility index (Phi) is 2.65. The average Bonchev–Trinajstić information content (AvgIpc) is 2.83. The average molecular weight is 270 g/mol. The smallest absolute Gasteiger partial charge is 0.169 e. The summed E-state index contributed by atoms with van der Waals surface area (Å²) in [4.78, 5) is 4.19. The molecule has 0 aliphatic rings. The molecule has 0 bridgehead atoms. The van der Waals surface area contributed by atoms with E-state index in [9.17, 15) is 0 Å². The predicted octanol–water partition coefficient (Wildman–Crippen LogP) is 2.62. The van der Waals surface area contributed by atoms with Gasteiger partial charge in [0.25, 0.3) is 0 Å². The van der Waals surface area contributed by atoms with E-state index in [0.29, 0.717) is 28.0 Å². The number of aromatic nitrogens is 4. The van der Waals surface area contributed by atoms with Gasteiger partial charge in [-0.15, -0.1) is 10.2 Å². The van der Waals surface area contributed by atoms with E-state index in [0.717, 1.165) is 5.56 Å². The summed E-state index contributed by atoms with van der Waals surface area (Å²) in [5.74, 6) is 1.40. The second-order valence-corrected chi connectivity index (χ2v) is 4.42. The van der Waals surface area contributed by atoms with Gasteiger partial charge in [0, 0.05) is 11.6 Å². The lowest BCUT2D eigenvalue weighted by Gasteiger charge is -2.03. The Morgan fingerprint density at radius 1 is 1.21 bits per heavy atom. The summed E-state index contributed by atoms with van der Waals surface area (Å²) in [6.07, 6.45) is 0. The van der Waals surface area contributed by atoms with Gasteiger partial charge in [-0.25, -0.2) is 4.98 Å². The van der Waals surface area contributed by atoms with Crippen molar-refractivity contribution in [2.24, 2.45) is 0 Å². The molecule has 3 rings (SSSR count). The van der Waals surface area contributed by atoms with Gasteiger partial charge in [0.1, 0.15) is 11.0 Å². The molecule has 19 heavy (non-hydrogen) atoms. The molecule has 2 aromatic heterocycles. The van der Waals surface area contributed by atoms with Crippen molar-refractivity contribution in [3.05, 3.63) is 46.9 Å². The highest BCUT2D eigenvalue weighted by Gasteiger charge is 2.11. The van der Waals surface area contributed by atoms with Crippen LogP contribution >= 0.6 is 11.6 Å². The predicted molar refractivity (Wildman–Crippen MR) is 70.7 cm³/mol. The summed E-state index contributed by atoms with van der Waals surface area (Å²) in [5.41, 5.74) is 2.13. The normalized spacial score (nSPS) is 10.6. The Morgan fingerprint density at radius 2 is 1.95 bits per heavy atom. The molecule has 92 valence electrons. The Balaban J connectivity index is 2.22. The van der Waals surface area contributed by atoms with Gasteiger partial charge < -0.3 is 0 Å². The summed E-state index contributed by atoms with van der Waals surface area (Å²) in [5, 5.41) is 17.4. The molecular weight excluding hydrogens is 262 g/mol. The number of hydrogen-bond donors (Lipinski definition) is 0. The van der Waals surface area contributed by atoms with Crippen molar-refractivity contribution in [3.63, 3.8) is 0 Å². The monoisotopic (exact) mass is 269 g/mol. The number of aryl methyl sites for hydroxylation is 1. The molecular formula is C13H8ClN5. The van der Waals surface area contributed by atoms with Gasteiger partial charge >= 0.3 is 0 Å². The second-order valence-electron chi connectivity index (χ2n) is 4.03. The molecule has 0 spiro atoms. The van der Waals surface area contributed by atoms with Gasteiger partial charge in [-0.1, -0.05) is 11.6 Å². The lowest BCUT2D eigenvalue weighted by molar-refractivity contribution is 0.988. The molecule has 0 saturated heterocycles.